The molecule has 0 bridgehead atoms. The number of anilines is 1. The van der Waals surface area contributed by atoms with Crippen LogP contribution < -0.4 is 19.5 Å². The normalized spacial score (nSPS) is 11.6. The van der Waals surface area contributed by atoms with Crippen molar-refractivity contribution in [2.24, 2.45) is 0 Å². The number of aryl methyl sites for hydroxylation is 2. The number of benzene rings is 2. The topological polar surface area (TPSA) is 56.8 Å². The Hall–Kier alpha value is -2.69. The zero-order valence-electron chi connectivity index (χ0n) is 15.4. The molecule has 0 heterocycles. The third-order valence-corrected chi connectivity index (χ3v) is 3.80. The van der Waals surface area contributed by atoms with Crippen LogP contribution in [0.5, 0.6) is 17.2 Å². The highest BCUT2D eigenvalue weighted by Crippen LogP contribution is 2.29. The van der Waals surface area contributed by atoms with E-state index in [-0.39, 0.29) is 5.91 Å². The standard InChI is InChI=1S/C20H25NO4/c1-6-18(25-16-10-13(2)9-14(3)11-16)20(22)21-17-8-7-15(23-4)12-19(17)24-5/h7-12,18H,6H2,1-5H3,(H,21,22). The minimum absolute atomic E-state index is 0.217. The summed E-state index contributed by atoms with van der Waals surface area (Å²) in [6.45, 7) is 5.92. The first kappa shape index (κ1) is 18.6. The van der Waals surface area contributed by atoms with Gasteiger partial charge < -0.3 is 19.5 Å². The molecule has 0 saturated carbocycles. The quantitative estimate of drug-likeness (QED) is 0.822. The molecule has 0 aromatic heterocycles. The molecule has 2 aromatic rings. The summed E-state index contributed by atoms with van der Waals surface area (Å²) in [4.78, 5) is 12.6. The van der Waals surface area contributed by atoms with Gasteiger partial charge in [0.05, 0.1) is 19.9 Å². The molecule has 0 aliphatic heterocycles. The Bertz CT molecular complexity index is 722. The van der Waals surface area contributed by atoms with Gasteiger partial charge in [0, 0.05) is 6.07 Å². The molecular weight excluding hydrogens is 318 g/mol. The lowest BCUT2D eigenvalue weighted by Crippen LogP contribution is -2.32. The van der Waals surface area contributed by atoms with Gasteiger partial charge in [-0.25, -0.2) is 0 Å². The predicted octanol–water partition coefficient (Wildman–Crippen LogP) is 4.12. The Labute approximate surface area is 148 Å². The second-order valence-electron chi connectivity index (χ2n) is 5.89. The maximum Gasteiger partial charge on any atom is 0.265 e. The van der Waals surface area contributed by atoms with Crippen LogP contribution in [0.4, 0.5) is 5.69 Å². The Morgan fingerprint density at radius 1 is 1.00 bits per heavy atom. The van der Waals surface area contributed by atoms with Crippen molar-refractivity contribution in [1.82, 2.24) is 0 Å². The van der Waals surface area contributed by atoms with Gasteiger partial charge >= 0.3 is 0 Å². The van der Waals surface area contributed by atoms with Crippen molar-refractivity contribution >= 4 is 11.6 Å². The third kappa shape index (κ3) is 4.89. The summed E-state index contributed by atoms with van der Waals surface area (Å²) in [6, 6.07) is 11.2. The largest absolute Gasteiger partial charge is 0.497 e. The van der Waals surface area contributed by atoms with E-state index in [1.54, 1.807) is 32.4 Å². The highest BCUT2D eigenvalue weighted by Gasteiger charge is 2.20. The first-order valence-corrected chi connectivity index (χ1v) is 8.24. The second-order valence-corrected chi connectivity index (χ2v) is 5.89. The van der Waals surface area contributed by atoms with E-state index < -0.39 is 6.10 Å². The van der Waals surface area contributed by atoms with Crippen molar-refractivity contribution < 1.29 is 19.0 Å². The second kappa shape index (κ2) is 8.42. The van der Waals surface area contributed by atoms with Gasteiger partial charge in [-0.3, -0.25) is 4.79 Å². The van der Waals surface area contributed by atoms with Crippen LogP contribution in [-0.2, 0) is 4.79 Å². The minimum atomic E-state index is -0.590. The average Bonchev–Trinajstić information content (AvgIpc) is 2.59. The predicted molar refractivity (Wildman–Crippen MR) is 98.8 cm³/mol. The van der Waals surface area contributed by atoms with Gasteiger partial charge in [-0.05, 0) is 55.7 Å². The zero-order chi connectivity index (χ0) is 18.4. The van der Waals surface area contributed by atoms with Gasteiger partial charge in [0.1, 0.15) is 17.2 Å². The van der Waals surface area contributed by atoms with Crippen LogP contribution in [0.25, 0.3) is 0 Å². The van der Waals surface area contributed by atoms with Crippen LogP contribution in [0.3, 0.4) is 0 Å². The van der Waals surface area contributed by atoms with E-state index in [0.29, 0.717) is 29.4 Å². The highest BCUT2D eigenvalue weighted by molar-refractivity contribution is 5.95. The lowest BCUT2D eigenvalue weighted by atomic mass is 10.1. The lowest BCUT2D eigenvalue weighted by Gasteiger charge is -2.19. The fraction of sp³-hybridized carbons (Fsp3) is 0.350. The summed E-state index contributed by atoms with van der Waals surface area (Å²) in [6.07, 6.45) is -0.0369. The Morgan fingerprint density at radius 2 is 1.68 bits per heavy atom. The van der Waals surface area contributed by atoms with Gasteiger partial charge in [-0.15, -0.1) is 0 Å². The van der Waals surface area contributed by atoms with E-state index in [0.717, 1.165) is 11.1 Å². The first-order valence-electron chi connectivity index (χ1n) is 8.24. The first-order chi connectivity index (χ1) is 12.0. The van der Waals surface area contributed by atoms with Crippen LogP contribution in [0, 0.1) is 13.8 Å². The number of amides is 1. The molecule has 5 heteroatoms. The summed E-state index contributed by atoms with van der Waals surface area (Å²) in [5.74, 6) is 1.67. The maximum absolute atomic E-state index is 12.6. The molecule has 2 aromatic carbocycles. The van der Waals surface area contributed by atoms with Crippen molar-refractivity contribution in [3.05, 3.63) is 47.5 Å². The fourth-order valence-corrected chi connectivity index (χ4v) is 2.60. The number of ether oxygens (including phenoxy) is 3. The molecular formula is C20H25NO4. The molecule has 1 atom stereocenters. The molecule has 5 nitrogen and oxygen atoms in total. The van der Waals surface area contributed by atoms with Gasteiger partial charge in [-0.2, -0.15) is 0 Å². The van der Waals surface area contributed by atoms with Crippen LogP contribution in [-0.4, -0.2) is 26.2 Å². The van der Waals surface area contributed by atoms with Crippen LogP contribution in [0.2, 0.25) is 0 Å². The monoisotopic (exact) mass is 343 g/mol. The lowest BCUT2D eigenvalue weighted by molar-refractivity contribution is -0.122. The van der Waals surface area contributed by atoms with Crippen LogP contribution >= 0.6 is 0 Å². The van der Waals surface area contributed by atoms with Crippen LogP contribution in [0.1, 0.15) is 24.5 Å². The molecule has 0 aliphatic carbocycles. The molecule has 0 radical (unpaired) electrons. The summed E-state index contributed by atoms with van der Waals surface area (Å²) >= 11 is 0. The molecule has 0 spiro atoms. The van der Waals surface area contributed by atoms with Crippen LogP contribution in [0.15, 0.2) is 36.4 Å². The summed E-state index contributed by atoms with van der Waals surface area (Å²) in [5.41, 5.74) is 2.78. The minimum Gasteiger partial charge on any atom is -0.497 e. The van der Waals surface area contributed by atoms with Crippen molar-refractivity contribution in [3.8, 4) is 17.2 Å². The van der Waals surface area contributed by atoms with Gasteiger partial charge in [0.25, 0.3) is 5.91 Å². The molecule has 2 rings (SSSR count). The number of nitrogens with one attached hydrogen (secondary N) is 1. The molecule has 1 amide bonds. The molecule has 25 heavy (non-hydrogen) atoms. The van der Waals surface area contributed by atoms with Crippen molar-refractivity contribution in [1.29, 1.82) is 0 Å². The molecule has 1 unspecified atom stereocenters. The number of methoxy groups -OCH3 is 2. The Morgan fingerprint density at radius 3 is 2.24 bits per heavy atom. The molecule has 134 valence electrons. The number of carbonyl (C=O) groups excluding carboxylic acids is 1. The van der Waals surface area contributed by atoms with Crippen molar-refractivity contribution in [2.45, 2.75) is 33.3 Å². The third-order valence-electron chi connectivity index (χ3n) is 3.80. The summed E-state index contributed by atoms with van der Waals surface area (Å²) in [7, 11) is 3.13. The number of carbonyl (C=O) groups is 1. The number of rotatable bonds is 7. The SMILES string of the molecule is CCC(Oc1cc(C)cc(C)c1)C(=O)Nc1ccc(OC)cc1OC. The number of hydrogen-bond donors (Lipinski definition) is 1. The van der Waals surface area contributed by atoms with Gasteiger partial charge in [0.2, 0.25) is 0 Å². The zero-order valence-corrected chi connectivity index (χ0v) is 15.4. The Balaban J connectivity index is 2.14. The highest BCUT2D eigenvalue weighted by atomic mass is 16.5. The molecule has 0 fully saturated rings. The fourth-order valence-electron chi connectivity index (χ4n) is 2.60. The van der Waals surface area contributed by atoms with E-state index in [2.05, 4.69) is 11.4 Å². The van der Waals surface area contributed by atoms with E-state index in [4.69, 9.17) is 14.2 Å². The maximum atomic E-state index is 12.6. The number of hydrogen-bond acceptors (Lipinski definition) is 4. The summed E-state index contributed by atoms with van der Waals surface area (Å²) < 4.78 is 16.4. The van der Waals surface area contributed by atoms with E-state index in [1.807, 2.05) is 32.9 Å². The Kier molecular flexibility index (Phi) is 6.28. The van der Waals surface area contributed by atoms with Gasteiger partial charge in [-0.1, -0.05) is 13.0 Å². The molecule has 1 N–H and O–H groups in total. The van der Waals surface area contributed by atoms with E-state index >= 15 is 0 Å². The molecule has 0 aliphatic rings. The summed E-state index contributed by atoms with van der Waals surface area (Å²) in [5, 5.41) is 2.87. The van der Waals surface area contributed by atoms with Crippen molar-refractivity contribution in [2.75, 3.05) is 19.5 Å². The van der Waals surface area contributed by atoms with Gasteiger partial charge in [0.15, 0.2) is 6.10 Å². The van der Waals surface area contributed by atoms with E-state index in [9.17, 15) is 4.79 Å². The average molecular weight is 343 g/mol. The smallest absolute Gasteiger partial charge is 0.265 e. The van der Waals surface area contributed by atoms with E-state index in [1.165, 1.54) is 0 Å². The van der Waals surface area contributed by atoms with Crippen molar-refractivity contribution in [3.63, 3.8) is 0 Å². The molecule has 0 saturated heterocycles.